The lowest BCUT2D eigenvalue weighted by Crippen LogP contribution is -2.51. The van der Waals surface area contributed by atoms with Crippen molar-refractivity contribution in [1.29, 1.82) is 0 Å². The highest BCUT2D eigenvalue weighted by atomic mass is 16.5. The number of hydrogen-bond acceptors (Lipinski definition) is 5. The van der Waals surface area contributed by atoms with Gasteiger partial charge in [-0.1, -0.05) is 37.3 Å². The normalized spacial score (nSPS) is 14.0. The van der Waals surface area contributed by atoms with Crippen molar-refractivity contribution in [2.24, 2.45) is 0 Å². The Morgan fingerprint density at radius 2 is 1.63 bits per heavy atom. The lowest BCUT2D eigenvalue weighted by Gasteiger charge is -2.37. The fraction of sp³-hybridized carbons (Fsp3) is 0.391. The van der Waals surface area contributed by atoms with Crippen molar-refractivity contribution in [3.05, 3.63) is 54.6 Å². The van der Waals surface area contributed by atoms with Crippen molar-refractivity contribution in [3.8, 4) is 5.75 Å². The molecule has 1 saturated heterocycles. The van der Waals surface area contributed by atoms with Gasteiger partial charge < -0.3 is 19.9 Å². The van der Waals surface area contributed by atoms with Crippen LogP contribution in [0.25, 0.3) is 0 Å². The van der Waals surface area contributed by atoms with Crippen LogP contribution in [0, 0.1) is 0 Å². The highest BCUT2D eigenvalue weighted by Gasteiger charge is 2.23. The van der Waals surface area contributed by atoms with Gasteiger partial charge in [0.2, 0.25) is 11.8 Å². The number of piperazine rings is 1. The summed E-state index contributed by atoms with van der Waals surface area (Å²) in [6, 6.07) is 17.5. The number of rotatable bonds is 8. The van der Waals surface area contributed by atoms with Gasteiger partial charge in [-0.3, -0.25) is 14.5 Å². The lowest BCUT2D eigenvalue weighted by molar-refractivity contribution is -0.133. The Labute approximate surface area is 178 Å². The van der Waals surface area contributed by atoms with Crippen LogP contribution in [0.5, 0.6) is 5.75 Å². The molecule has 160 valence electrons. The van der Waals surface area contributed by atoms with E-state index in [9.17, 15) is 9.59 Å². The van der Waals surface area contributed by atoms with Gasteiger partial charge in [0.25, 0.3) is 0 Å². The van der Waals surface area contributed by atoms with Crippen LogP contribution in [0.4, 0.5) is 11.4 Å². The number of methoxy groups -OCH3 is 1. The van der Waals surface area contributed by atoms with E-state index < -0.39 is 0 Å². The number of hydrogen-bond donors (Lipinski definition) is 1. The van der Waals surface area contributed by atoms with Crippen LogP contribution >= 0.6 is 0 Å². The number of carbonyl (C=O) groups is 2. The fourth-order valence-corrected chi connectivity index (χ4v) is 3.56. The number of benzene rings is 2. The second-order valence-corrected chi connectivity index (χ2v) is 7.26. The first-order valence-electron chi connectivity index (χ1n) is 10.3. The molecule has 0 unspecified atom stereocenters. The molecule has 30 heavy (non-hydrogen) atoms. The quantitative estimate of drug-likeness (QED) is 0.724. The zero-order chi connectivity index (χ0) is 21.3. The summed E-state index contributed by atoms with van der Waals surface area (Å²) in [4.78, 5) is 31.3. The van der Waals surface area contributed by atoms with Crippen molar-refractivity contribution in [2.75, 3.05) is 63.1 Å². The molecule has 0 atom stereocenters. The molecule has 7 nitrogen and oxygen atoms in total. The van der Waals surface area contributed by atoms with E-state index >= 15 is 0 Å². The third-order valence-electron chi connectivity index (χ3n) is 5.31. The maximum atomic E-state index is 12.8. The first kappa shape index (κ1) is 21.6. The van der Waals surface area contributed by atoms with E-state index in [2.05, 4.69) is 22.3 Å². The molecular formula is C23H30N4O3. The minimum atomic E-state index is -0.164. The van der Waals surface area contributed by atoms with Gasteiger partial charge >= 0.3 is 0 Å². The largest absolute Gasteiger partial charge is 0.495 e. The van der Waals surface area contributed by atoms with Crippen LogP contribution in [0.15, 0.2) is 54.6 Å². The molecule has 0 aliphatic carbocycles. The van der Waals surface area contributed by atoms with E-state index in [1.54, 1.807) is 19.2 Å². The number of amides is 2. The average Bonchev–Trinajstić information content (AvgIpc) is 2.79. The second-order valence-electron chi connectivity index (χ2n) is 7.26. The number of nitrogens with one attached hydrogen (secondary N) is 1. The van der Waals surface area contributed by atoms with E-state index in [1.165, 1.54) is 5.69 Å². The molecule has 1 aliphatic rings. The molecule has 1 fully saturated rings. The highest BCUT2D eigenvalue weighted by Crippen LogP contribution is 2.22. The van der Waals surface area contributed by atoms with E-state index in [1.807, 2.05) is 47.1 Å². The summed E-state index contributed by atoms with van der Waals surface area (Å²) in [5, 5.41) is 2.87. The topological polar surface area (TPSA) is 65.1 Å². The monoisotopic (exact) mass is 410 g/mol. The van der Waals surface area contributed by atoms with Crippen molar-refractivity contribution in [1.82, 2.24) is 9.80 Å². The van der Waals surface area contributed by atoms with Crippen molar-refractivity contribution in [2.45, 2.75) is 6.92 Å². The van der Waals surface area contributed by atoms with Crippen LogP contribution in [0.1, 0.15) is 6.92 Å². The number of ether oxygens (including phenoxy) is 1. The zero-order valence-corrected chi connectivity index (χ0v) is 17.7. The predicted octanol–water partition coefficient (Wildman–Crippen LogP) is 2.30. The molecule has 0 aromatic heterocycles. The van der Waals surface area contributed by atoms with Crippen LogP contribution in [-0.4, -0.2) is 74.5 Å². The molecule has 0 spiro atoms. The fourth-order valence-electron chi connectivity index (χ4n) is 3.56. The van der Waals surface area contributed by atoms with Crippen LogP contribution < -0.4 is 15.0 Å². The summed E-state index contributed by atoms with van der Waals surface area (Å²) < 4.78 is 5.27. The van der Waals surface area contributed by atoms with Crippen molar-refractivity contribution < 1.29 is 14.3 Å². The van der Waals surface area contributed by atoms with Gasteiger partial charge in [-0.25, -0.2) is 0 Å². The van der Waals surface area contributed by atoms with Gasteiger partial charge in [0.05, 0.1) is 25.9 Å². The summed E-state index contributed by atoms with van der Waals surface area (Å²) in [5.74, 6) is 0.513. The van der Waals surface area contributed by atoms with Crippen molar-refractivity contribution in [3.63, 3.8) is 0 Å². The SMILES string of the molecule is CCN(CC(=O)Nc1ccccc1OC)CC(=O)N1CCN(c2ccccc2)CC1. The van der Waals surface area contributed by atoms with Crippen LogP contribution in [0.3, 0.4) is 0 Å². The summed E-state index contributed by atoms with van der Waals surface area (Å²) >= 11 is 0. The summed E-state index contributed by atoms with van der Waals surface area (Å²) in [6.45, 7) is 5.99. The molecular weight excluding hydrogens is 380 g/mol. The predicted molar refractivity (Wildman–Crippen MR) is 119 cm³/mol. The minimum Gasteiger partial charge on any atom is -0.495 e. The molecule has 0 radical (unpaired) electrons. The maximum Gasteiger partial charge on any atom is 0.238 e. The molecule has 1 aliphatic heterocycles. The van der Waals surface area contributed by atoms with E-state index in [0.29, 0.717) is 31.1 Å². The molecule has 1 N–H and O–H groups in total. The van der Waals surface area contributed by atoms with Gasteiger partial charge in [-0.15, -0.1) is 0 Å². The smallest absolute Gasteiger partial charge is 0.238 e. The molecule has 7 heteroatoms. The zero-order valence-electron chi connectivity index (χ0n) is 17.7. The Kier molecular flexibility index (Phi) is 7.68. The molecule has 2 amide bonds. The van der Waals surface area contributed by atoms with Gasteiger partial charge in [0.1, 0.15) is 5.75 Å². The first-order valence-corrected chi connectivity index (χ1v) is 10.3. The Bertz CT molecular complexity index is 835. The number of para-hydroxylation sites is 3. The van der Waals surface area contributed by atoms with Gasteiger partial charge in [0.15, 0.2) is 0 Å². The van der Waals surface area contributed by atoms with Gasteiger partial charge in [-0.2, -0.15) is 0 Å². The standard InChI is InChI=1S/C23H30N4O3/c1-3-25(17-22(28)24-20-11-7-8-12-21(20)30-2)18-23(29)27-15-13-26(14-16-27)19-9-5-4-6-10-19/h4-12H,3,13-18H2,1-2H3,(H,24,28). The number of anilines is 2. The van der Waals surface area contributed by atoms with E-state index in [-0.39, 0.29) is 24.9 Å². The first-order chi connectivity index (χ1) is 14.6. The van der Waals surface area contributed by atoms with Gasteiger partial charge in [-0.05, 0) is 30.8 Å². The van der Waals surface area contributed by atoms with Gasteiger partial charge in [0, 0.05) is 31.9 Å². The summed E-state index contributed by atoms with van der Waals surface area (Å²) in [5.41, 5.74) is 1.82. The molecule has 0 bridgehead atoms. The number of likely N-dealkylation sites (N-methyl/N-ethyl adjacent to an activating group) is 1. The van der Waals surface area contributed by atoms with Crippen LogP contribution in [0.2, 0.25) is 0 Å². The number of nitrogens with zero attached hydrogens (tertiary/aromatic N) is 3. The van der Waals surface area contributed by atoms with E-state index in [0.717, 1.165) is 13.1 Å². The maximum absolute atomic E-state index is 12.8. The van der Waals surface area contributed by atoms with Crippen LogP contribution in [-0.2, 0) is 9.59 Å². The molecule has 0 saturated carbocycles. The Balaban J connectivity index is 1.48. The highest BCUT2D eigenvalue weighted by molar-refractivity contribution is 5.94. The molecule has 3 rings (SSSR count). The average molecular weight is 411 g/mol. The second kappa shape index (κ2) is 10.6. The number of carbonyl (C=O) groups excluding carboxylic acids is 2. The molecule has 2 aromatic carbocycles. The van der Waals surface area contributed by atoms with E-state index in [4.69, 9.17) is 4.74 Å². The Morgan fingerprint density at radius 1 is 0.967 bits per heavy atom. The Morgan fingerprint density at radius 3 is 2.30 bits per heavy atom. The third-order valence-corrected chi connectivity index (χ3v) is 5.31. The molecule has 2 aromatic rings. The minimum absolute atomic E-state index is 0.0645. The third kappa shape index (κ3) is 5.73. The summed E-state index contributed by atoms with van der Waals surface area (Å²) in [6.07, 6.45) is 0. The summed E-state index contributed by atoms with van der Waals surface area (Å²) in [7, 11) is 1.57. The Hall–Kier alpha value is -3.06. The van der Waals surface area contributed by atoms with Crippen molar-refractivity contribution >= 4 is 23.2 Å². The lowest BCUT2D eigenvalue weighted by atomic mass is 10.2. The molecule has 1 heterocycles.